The van der Waals surface area contributed by atoms with Crippen molar-refractivity contribution in [3.63, 3.8) is 0 Å². The standard InChI is InChI=1S/C20H22N4O4/c21-19(25)15-5-3-4-14(12-15)8-9-22-20(26)17-13-16(24(27)28)6-7-18(17)23-10-1-2-11-23/h3-7,12-13H,1-2,8-11H2,(H2,21,25)(H,22,26). The number of anilines is 1. The summed E-state index contributed by atoms with van der Waals surface area (Å²) in [5, 5.41) is 13.9. The van der Waals surface area contributed by atoms with Crippen molar-refractivity contribution in [2.24, 2.45) is 5.73 Å². The topological polar surface area (TPSA) is 119 Å². The summed E-state index contributed by atoms with van der Waals surface area (Å²) in [7, 11) is 0. The smallest absolute Gasteiger partial charge is 0.270 e. The first kappa shape index (κ1) is 19.3. The Morgan fingerprint density at radius 3 is 2.57 bits per heavy atom. The Morgan fingerprint density at radius 1 is 1.14 bits per heavy atom. The van der Waals surface area contributed by atoms with E-state index < -0.39 is 10.8 Å². The van der Waals surface area contributed by atoms with E-state index in [2.05, 4.69) is 10.2 Å². The van der Waals surface area contributed by atoms with Gasteiger partial charge in [-0.05, 0) is 43.0 Å². The molecule has 0 radical (unpaired) electrons. The maximum atomic E-state index is 12.7. The summed E-state index contributed by atoms with van der Waals surface area (Å²) in [6.45, 7) is 2.00. The van der Waals surface area contributed by atoms with Gasteiger partial charge >= 0.3 is 0 Å². The number of nitrogens with zero attached hydrogens (tertiary/aromatic N) is 2. The maximum Gasteiger partial charge on any atom is 0.270 e. The van der Waals surface area contributed by atoms with Crippen molar-refractivity contribution in [2.75, 3.05) is 24.5 Å². The van der Waals surface area contributed by atoms with Crippen LogP contribution in [-0.4, -0.2) is 36.4 Å². The number of nitrogens with one attached hydrogen (secondary N) is 1. The highest BCUT2D eigenvalue weighted by atomic mass is 16.6. The van der Waals surface area contributed by atoms with E-state index in [0.717, 1.165) is 37.2 Å². The van der Waals surface area contributed by atoms with Crippen molar-refractivity contribution in [2.45, 2.75) is 19.3 Å². The highest BCUT2D eigenvalue weighted by Gasteiger charge is 2.22. The lowest BCUT2D eigenvalue weighted by atomic mass is 10.1. The van der Waals surface area contributed by atoms with Crippen LogP contribution in [0.15, 0.2) is 42.5 Å². The summed E-state index contributed by atoms with van der Waals surface area (Å²) in [5.41, 5.74) is 7.49. The molecule has 3 N–H and O–H groups in total. The molecule has 1 aliphatic rings. The minimum absolute atomic E-state index is 0.109. The zero-order valence-corrected chi connectivity index (χ0v) is 15.4. The summed E-state index contributed by atoms with van der Waals surface area (Å²) in [4.78, 5) is 36.7. The van der Waals surface area contributed by atoms with Crippen LogP contribution in [0.25, 0.3) is 0 Å². The monoisotopic (exact) mass is 382 g/mol. The molecule has 0 unspecified atom stereocenters. The Morgan fingerprint density at radius 2 is 1.89 bits per heavy atom. The number of hydrogen-bond acceptors (Lipinski definition) is 5. The molecule has 8 heteroatoms. The highest BCUT2D eigenvalue weighted by Crippen LogP contribution is 2.28. The number of nitro groups is 1. The zero-order chi connectivity index (χ0) is 20.1. The molecule has 0 atom stereocenters. The number of amides is 2. The fraction of sp³-hybridized carbons (Fsp3) is 0.300. The quantitative estimate of drug-likeness (QED) is 0.562. The van der Waals surface area contributed by atoms with Gasteiger partial charge in [0.25, 0.3) is 11.6 Å². The first-order chi connectivity index (χ1) is 13.5. The van der Waals surface area contributed by atoms with E-state index >= 15 is 0 Å². The zero-order valence-electron chi connectivity index (χ0n) is 15.4. The molecule has 146 valence electrons. The van der Waals surface area contributed by atoms with Crippen LogP contribution in [0.5, 0.6) is 0 Å². The lowest BCUT2D eigenvalue weighted by Gasteiger charge is -2.20. The molecule has 0 aliphatic carbocycles. The molecule has 0 bridgehead atoms. The normalized spacial score (nSPS) is 13.4. The van der Waals surface area contributed by atoms with E-state index in [9.17, 15) is 19.7 Å². The Balaban J connectivity index is 1.72. The molecule has 2 amide bonds. The number of rotatable bonds is 7. The number of carbonyl (C=O) groups is 2. The molecule has 2 aromatic carbocycles. The number of nitrogens with two attached hydrogens (primary N) is 1. The summed E-state index contributed by atoms with van der Waals surface area (Å²) in [5.74, 6) is -0.852. The molecule has 0 spiro atoms. The molecule has 1 aliphatic heterocycles. The van der Waals surface area contributed by atoms with E-state index in [-0.39, 0.29) is 11.6 Å². The molecule has 8 nitrogen and oxygen atoms in total. The van der Waals surface area contributed by atoms with Gasteiger partial charge in [0.2, 0.25) is 5.91 Å². The Bertz CT molecular complexity index is 907. The van der Waals surface area contributed by atoms with Crippen molar-refractivity contribution >= 4 is 23.2 Å². The number of carbonyl (C=O) groups excluding carboxylic acids is 2. The van der Waals surface area contributed by atoms with Crippen molar-refractivity contribution in [1.29, 1.82) is 0 Å². The van der Waals surface area contributed by atoms with E-state index in [0.29, 0.717) is 24.1 Å². The third-order valence-corrected chi connectivity index (χ3v) is 4.79. The van der Waals surface area contributed by atoms with Crippen molar-refractivity contribution in [3.8, 4) is 0 Å². The Kier molecular flexibility index (Phi) is 5.88. The molecule has 0 aromatic heterocycles. The van der Waals surface area contributed by atoms with Gasteiger partial charge in [0.15, 0.2) is 0 Å². The highest BCUT2D eigenvalue weighted by molar-refractivity contribution is 6.00. The minimum atomic E-state index is -0.502. The second kappa shape index (κ2) is 8.51. The number of hydrogen-bond donors (Lipinski definition) is 2. The SMILES string of the molecule is NC(=O)c1cccc(CCNC(=O)c2cc([N+](=O)[O-])ccc2N2CCCC2)c1. The molecule has 0 saturated carbocycles. The number of nitro benzene ring substituents is 1. The van der Waals surface area contributed by atoms with Crippen molar-refractivity contribution in [3.05, 3.63) is 69.3 Å². The van der Waals surface area contributed by atoms with Gasteiger partial charge in [0.1, 0.15) is 0 Å². The average Bonchev–Trinajstić information content (AvgIpc) is 3.22. The van der Waals surface area contributed by atoms with Gasteiger partial charge in [-0.15, -0.1) is 0 Å². The second-order valence-corrected chi connectivity index (χ2v) is 6.72. The summed E-state index contributed by atoms with van der Waals surface area (Å²) < 4.78 is 0. The fourth-order valence-corrected chi connectivity index (χ4v) is 3.35. The number of benzene rings is 2. The van der Waals surface area contributed by atoms with E-state index in [1.165, 1.54) is 12.1 Å². The first-order valence-corrected chi connectivity index (χ1v) is 9.16. The number of primary amides is 1. The summed E-state index contributed by atoms with van der Waals surface area (Å²) in [6, 6.07) is 11.3. The van der Waals surface area contributed by atoms with Gasteiger partial charge in [-0.2, -0.15) is 0 Å². The molecule has 1 saturated heterocycles. The van der Waals surface area contributed by atoms with Crippen LogP contribution in [0.4, 0.5) is 11.4 Å². The first-order valence-electron chi connectivity index (χ1n) is 9.16. The average molecular weight is 382 g/mol. The third-order valence-electron chi connectivity index (χ3n) is 4.79. The fourth-order valence-electron chi connectivity index (χ4n) is 3.35. The van der Waals surface area contributed by atoms with Gasteiger partial charge in [-0.25, -0.2) is 0 Å². The molecule has 28 heavy (non-hydrogen) atoms. The van der Waals surface area contributed by atoms with Crippen LogP contribution >= 0.6 is 0 Å². The van der Waals surface area contributed by atoms with Crippen molar-refractivity contribution < 1.29 is 14.5 Å². The predicted molar refractivity (Wildman–Crippen MR) is 106 cm³/mol. The summed E-state index contributed by atoms with van der Waals surface area (Å²) >= 11 is 0. The predicted octanol–water partition coefficient (Wildman–Crippen LogP) is 2.27. The molecule has 3 rings (SSSR count). The van der Waals surface area contributed by atoms with Crippen LogP contribution in [0.2, 0.25) is 0 Å². The van der Waals surface area contributed by atoms with Gasteiger partial charge in [-0.3, -0.25) is 19.7 Å². The van der Waals surface area contributed by atoms with Crippen LogP contribution in [0, 0.1) is 10.1 Å². The van der Waals surface area contributed by atoms with Gasteiger partial charge < -0.3 is 16.0 Å². The van der Waals surface area contributed by atoms with Gasteiger partial charge in [-0.1, -0.05) is 12.1 Å². The lowest BCUT2D eigenvalue weighted by molar-refractivity contribution is -0.384. The van der Waals surface area contributed by atoms with Crippen LogP contribution < -0.4 is 16.0 Å². The Labute approximate surface area is 162 Å². The lowest BCUT2D eigenvalue weighted by Crippen LogP contribution is -2.29. The van der Waals surface area contributed by atoms with Crippen molar-refractivity contribution in [1.82, 2.24) is 5.32 Å². The van der Waals surface area contributed by atoms with Gasteiger partial charge in [0.05, 0.1) is 16.2 Å². The minimum Gasteiger partial charge on any atom is -0.371 e. The van der Waals surface area contributed by atoms with Crippen LogP contribution in [0.3, 0.4) is 0 Å². The van der Waals surface area contributed by atoms with Crippen LogP contribution in [-0.2, 0) is 6.42 Å². The van der Waals surface area contributed by atoms with E-state index in [1.807, 2.05) is 6.07 Å². The van der Waals surface area contributed by atoms with E-state index in [4.69, 9.17) is 5.73 Å². The van der Waals surface area contributed by atoms with E-state index in [1.54, 1.807) is 24.3 Å². The molecular formula is C20H22N4O4. The second-order valence-electron chi connectivity index (χ2n) is 6.72. The molecule has 1 fully saturated rings. The third kappa shape index (κ3) is 4.46. The molecular weight excluding hydrogens is 360 g/mol. The number of non-ortho nitro benzene ring substituents is 1. The maximum absolute atomic E-state index is 12.7. The molecule has 1 heterocycles. The summed E-state index contributed by atoms with van der Waals surface area (Å²) in [6.07, 6.45) is 2.59. The molecule has 2 aromatic rings. The van der Waals surface area contributed by atoms with Gasteiger partial charge in [0, 0.05) is 37.3 Å². The Hall–Kier alpha value is -3.42. The van der Waals surface area contributed by atoms with Crippen LogP contribution in [0.1, 0.15) is 39.1 Å². The largest absolute Gasteiger partial charge is 0.371 e.